The Kier molecular flexibility index (Phi) is 3.92. The highest BCUT2D eigenvalue weighted by atomic mass is 79.9. The van der Waals surface area contributed by atoms with E-state index in [1.807, 2.05) is 18.3 Å². The molecule has 0 amide bonds. The molecule has 2 rings (SSSR count). The van der Waals surface area contributed by atoms with Gasteiger partial charge in [0.05, 0.1) is 0 Å². The number of nitrogens with two attached hydrogens (primary N) is 1. The van der Waals surface area contributed by atoms with Crippen molar-refractivity contribution in [2.24, 2.45) is 5.73 Å². The summed E-state index contributed by atoms with van der Waals surface area (Å²) in [5, 5.41) is 0. The van der Waals surface area contributed by atoms with Gasteiger partial charge in [-0.2, -0.15) is 0 Å². The van der Waals surface area contributed by atoms with Crippen molar-refractivity contribution in [1.29, 1.82) is 0 Å². The van der Waals surface area contributed by atoms with Gasteiger partial charge in [0.2, 0.25) is 0 Å². The molecule has 0 aliphatic carbocycles. The molecule has 2 N–H and O–H groups in total. The van der Waals surface area contributed by atoms with Crippen molar-refractivity contribution in [3.63, 3.8) is 0 Å². The van der Waals surface area contributed by atoms with E-state index in [0.29, 0.717) is 0 Å². The van der Waals surface area contributed by atoms with Crippen LogP contribution in [-0.2, 0) is 6.42 Å². The Morgan fingerprint density at radius 3 is 2.88 bits per heavy atom. The normalized spacial score (nSPS) is 12.4. The van der Waals surface area contributed by atoms with Crippen LogP contribution >= 0.6 is 15.9 Å². The van der Waals surface area contributed by atoms with Crippen molar-refractivity contribution < 1.29 is 0 Å². The molecule has 17 heavy (non-hydrogen) atoms. The van der Waals surface area contributed by atoms with E-state index >= 15 is 0 Å². The average molecular weight is 291 g/mol. The van der Waals surface area contributed by atoms with Crippen LogP contribution in [-0.4, -0.2) is 4.98 Å². The van der Waals surface area contributed by atoms with Crippen LogP contribution in [0.2, 0.25) is 0 Å². The van der Waals surface area contributed by atoms with E-state index in [2.05, 4.69) is 46.0 Å². The minimum atomic E-state index is -0.00604. The Hall–Kier alpha value is -1.19. The first kappa shape index (κ1) is 12.3. The minimum Gasteiger partial charge on any atom is -0.324 e. The molecule has 0 aliphatic heterocycles. The standard InChI is InChI=1S/C14H15BrN2/c1-10-4-5-13(15)12(7-10)14(16)8-11-3-2-6-17-9-11/h2-7,9,14H,8,16H2,1H3. The van der Waals surface area contributed by atoms with Crippen LogP contribution in [0.15, 0.2) is 47.2 Å². The fraction of sp³-hybridized carbons (Fsp3) is 0.214. The van der Waals surface area contributed by atoms with Gasteiger partial charge >= 0.3 is 0 Å². The lowest BCUT2D eigenvalue weighted by molar-refractivity contribution is 0.715. The number of rotatable bonds is 3. The molecular formula is C14H15BrN2. The van der Waals surface area contributed by atoms with Crippen LogP contribution in [0.5, 0.6) is 0 Å². The Morgan fingerprint density at radius 1 is 1.35 bits per heavy atom. The number of hydrogen-bond acceptors (Lipinski definition) is 2. The molecule has 0 spiro atoms. The Bertz CT molecular complexity index is 497. The molecule has 0 fully saturated rings. The van der Waals surface area contributed by atoms with Crippen LogP contribution in [0, 0.1) is 6.92 Å². The van der Waals surface area contributed by atoms with E-state index in [0.717, 1.165) is 22.0 Å². The van der Waals surface area contributed by atoms with E-state index in [4.69, 9.17) is 5.73 Å². The molecular weight excluding hydrogens is 276 g/mol. The Morgan fingerprint density at radius 2 is 2.18 bits per heavy atom. The summed E-state index contributed by atoms with van der Waals surface area (Å²) in [5.41, 5.74) is 9.77. The maximum absolute atomic E-state index is 6.24. The first-order valence-electron chi connectivity index (χ1n) is 5.57. The topological polar surface area (TPSA) is 38.9 Å². The number of pyridine rings is 1. The molecule has 2 nitrogen and oxygen atoms in total. The van der Waals surface area contributed by atoms with E-state index in [1.54, 1.807) is 6.20 Å². The fourth-order valence-corrected chi connectivity index (χ4v) is 2.37. The summed E-state index contributed by atoms with van der Waals surface area (Å²) in [5.74, 6) is 0. The number of aryl methyl sites for hydroxylation is 1. The lowest BCUT2D eigenvalue weighted by Gasteiger charge is -2.14. The van der Waals surface area contributed by atoms with E-state index in [-0.39, 0.29) is 6.04 Å². The van der Waals surface area contributed by atoms with Crippen molar-refractivity contribution >= 4 is 15.9 Å². The maximum atomic E-state index is 6.24. The summed E-state index contributed by atoms with van der Waals surface area (Å²) in [7, 11) is 0. The van der Waals surface area contributed by atoms with Gasteiger partial charge in [0.25, 0.3) is 0 Å². The molecule has 1 atom stereocenters. The summed E-state index contributed by atoms with van der Waals surface area (Å²) in [4.78, 5) is 4.10. The average Bonchev–Trinajstić information content (AvgIpc) is 2.33. The predicted molar refractivity (Wildman–Crippen MR) is 73.7 cm³/mol. The molecule has 0 bridgehead atoms. The third kappa shape index (κ3) is 3.14. The first-order valence-corrected chi connectivity index (χ1v) is 6.36. The number of benzene rings is 1. The van der Waals surface area contributed by atoms with Gasteiger partial charge in [0.15, 0.2) is 0 Å². The lowest BCUT2D eigenvalue weighted by Crippen LogP contribution is -2.14. The third-order valence-corrected chi connectivity index (χ3v) is 3.45. The second-order valence-corrected chi connectivity index (χ2v) is 5.05. The molecule has 0 radical (unpaired) electrons. The lowest BCUT2D eigenvalue weighted by atomic mass is 9.99. The Labute approximate surface area is 110 Å². The van der Waals surface area contributed by atoms with Gasteiger partial charge in [-0.25, -0.2) is 0 Å². The van der Waals surface area contributed by atoms with Crippen LogP contribution < -0.4 is 5.73 Å². The van der Waals surface area contributed by atoms with E-state index in [9.17, 15) is 0 Å². The number of hydrogen-bond donors (Lipinski definition) is 1. The smallest absolute Gasteiger partial charge is 0.0347 e. The van der Waals surface area contributed by atoms with Gasteiger partial charge in [0.1, 0.15) is 0 Å². The molecule has 0 saturated heterocycles. The zero-order chi connectivity index (χ0) is 12.3. The summed E-state index contributed by atoms with van der Waals surface area (Å²) >= 11 is 3.55. The summed E-state index contributed by atoms with van der Waals surface area (Å²) in [6.07, 6.45) is 4.44. The second-order valence-electron chi connectivity index (χ2n) is 4.20. The van der Waals surface area contributed by atoms with Crippen molar-refractivity contribution in [3.8, 4) is 0 Å². The fourth-order valence-electron chi connectivity index (χ4n) is 1.83. The van der Waals surface area contributed by atoms with E-state index in [1.165, 1.54) is 5.56 Å². The highest BCUT2D eigenvalue weighted by molar-refractivity contribution is 9.10. The second kappa shape index (κ2) is 5.43. The molecule has 1 aromatic heterocycles. The highest BCUT2D eigenvalue weighted by Gasteiger charge is 2.10. The monoisotopic (exact) mass is 290 g/mol. The van der Waals surface area contributed by atoms with Gasteiger partial charge < -0.3 is 5.73 Å². The van der Waals surface area contributed by atoms with Crippen molar-refractivity contribution in [2.45, 2.75) is 19.4 Å². The van der Waals surface area contributed by atoms with Crippen LogP contribution in [0.25, 0.3) is 0 Å². The predicted octanol–water partition coefficient (Wildman–Crippen LogP) is 3.40. The van der Waals surface area contributed by atoms with Gasteiger partial charge in [-0.15, -0.1) is 0 Å². The summed E-state index contributed by atoms with van der Waals surface area (Å²) < 4.78 is 1.07. The van der Waals surface area contributed by atoms with Gasteiger partial charge in [0, 0.05) is 22.9 Å². The molecule has 88 valence electrons. The quantitative estimate of drug-likeness (QED) is 0.941. The molecule has 0 aliphatic rings. The SMILES string of the molecule is Cc1ccc(Br)c(C(N)Cc2cccnc2)c1. The van der Waals surface area contributed by atoms with Gasteiger partial charge in [-0.1, -0.05) is 39.7 Å². The highest BCUT2D eigenvalue weighted by Crippen LogP contribution is 2.25. The first-order chi connectivity index (χ1) is 8.16. The third-order valence-electron chi connectivity index (χ3n) is 2.73. The maximum Gasteiger partial charge on any atom is 0.0347 e. The molecule has 1 aromatic carbocycles. The zero-order valence-electron chi connectivity index (χ0n) is 9.73. The zero-order valence-corrected chi connectivity index (χ0v) is 11.3. The summed E-state index contributed by atoms with van der Waals surface area (Å²) in [6.45, 7) is 2.08. The summed E-state index contributed by atoms with van der Waals surface area (Å²) in [6, 6.07) is 10.2. The Balaban J connectivity index is 2.20. The molecule has 0 saturated carbocycles. The molecule has 1 heterocycles. The molecule has 3 heteroatoms. The molecule has 2 aromatic rings. The minimum absolute atomic E-state index is 0.00604. The van der Waals surface area contributed by atoms with Crippen molar-refractivity contribution in [1.82, 2.24) is 4.98 Å². The van der Waals surface area contributed by atoms with Crippen molar-refractivity contribution in [2.75, 3.05) is 0 Å². The molecule has 1 unspecified atom stereocenters. The van der Waals surface area contributed by atoms with Crippen LogP contribution in [0.1, 0.15) is 22.7 Å². The van der Waals surface area contributed by atoms with E-state index < -0.39 is 0 Å². The van der Waals surface area contributed by atoms with Gasteiger partial charge in [-0.3, -0.25) is 4.98 Å². The number of nitrogens with zero attached hydrogens (tertiary/aromatic N) is 1. The van der Waals surface area contributed by atoms with Crippen molar-refractivity contribution in [3.05, 3.63) is 63.9 Å². The number of aromatic nitrogens is 1. The number of halogens is 1. The van der Waals surface area contributed by atoms with Crippen LogP contribution in [0.3, 0.4) is 0 Å². The van der Waals surface area contributed by atoms with Crippen LogP contribution in [0.4, 0.5) is 0 Å². The largest absolute Gasteiger partial charge is 0.324 e. The van der Waals surface area contributed by atoms with Gasteiger partial charge in [-0.05, 0) is 36.6 Å².